The van der Waals surface area contributed by atoms with Crippen LogP contribution in [-0.4, -0.2) is 0 Å². The molecule has 0 aromatic heterocycles. The number of nitrogens with one attached hydrogen (secondary N) is 1. The normalized spacial score (nSPS) is 12.4. The van der Waals surface area contributed by atoms with Crippen molar-refractivity contribution in [3.05, 3.63) is 68.3 Å². The van der Waals surface area contributed by atoms with Gasteiger partial charge in [0.05, 0.1) is 6.04 Å². The Morgan fingerprint density at radius 3 is 2.33 bits per heavy atom. The molecular weight excluding hydrogens is 335 g/mol. The summed E-state index contributed by atoms with van der Waals surface area (Å²) < 4.78 is 1.22. The molecule has 0 heterocycles. The van der Waals surface area contributed by atoms with Crippen LogP contribution in [0.2, 0.25) is 0 Å². The summed E-state index contributed by atoms with van der Waals surface area (Å²) in [6, 6.07) is 14.7. The van der Waals surface area contributed by atoms with Crippen LogP contribution >= 0.6 is 22.6 Å². The highest BCUT2D eigenvalue weighted by Crippen LogP contribution is 2.28. The lowest BCUT2D eigenvalue weighted by Crippen LogP contribution is -2.30. The molecule has 0 saturated heterocycles. The molecule has 1 unspecified atom stereocenters. The Balaban J connectivity index is 2.53. The second kappa shape index (κ2) is 5.82. The summed E-state index contributed by atoms with van der Waals surface area (Å²) in [4.78, 5) is 0. The summed E-state index contributed by atoms with van der Waals surface area (Å²) in [6.45, 7) is 4.27. The monoisotopic (exact) mass is 352 g/mol. The predicted octanol–water partition coefficient (Wildman–Crippen LogP) is 3.46. The van der Waals surface area contributed by atoms with Crippen LogP contribution < -0.4 is 11.3 Å². The largest absolute Gasteiger partial charge is 0.271 e. The first-order valence-corrected chi connectivity index (χ1v) is 6.99. The molecule has 3 N–H and O–H groups in total. The average Bonchev–Trinajstić information content (AvgIpc) is 2.37. The zero-order chi connectivity index (χ0) is 13.1. The molecule has 2 rings (SSSR count). The lowest BCUT2D eigenvalue weighted by Gasteiger charge is -2.21. The third kappa shape index (κ3) is 2.58. The molecule has 0 aliphatic carbocycles. The van der Waals surface area contributed by atoms with Crippen LogP contribution in [-0.2, 0) is 0 Å². The van der Waals surface area contributed by atoms with E-state index < -0.39 is 0 Å². The summed E-state index contributed by atoms with van der Waals surface area (Å²) in [7, 11) is 0. The highest BCUT2D eigenvalue weighted by molar-refractivity contribution is 14.1. The van der Waals surface area contributed by atoms with E-state index in [-0.39, 0.29) is 6.04 Å². The molecule has 2 nitrogen and oxygen atoms in total. The smallest absolute Gasteiger partial charge is 0.0722 e. The molecule has 0 fully saturated rings. The van der Waals surface area contributed by atoms with Gasteiger partial charge in [0, 0.05) is 3.57 Å². The summed E-state index contributed by atoms with van der Waals surface area (Å²) in [5.41, 5.74) is 7.98. The third-order valence-electron chi connectivity index (χ3n) is 3.34. The molecule has 0 radical (unpaired) electrons. The maximum Gasteiger partial charge on any atom is 0.0722 e. The van der Waals surface area contributed by atoms with Gasteiger partial charge in [-0.1, -0.05) is 36.4 Å². The minimum absolute atomic E-state index is 0.0398. The molecule has 94 valence electrons. The molecule has 0 aliphatic rings. The maximum atomic E-state index is 5.77. The van der Waals surface area contributed by atoms with Crippen LogP contribution in [0.4, 0.5) is 0 Å². The van der Waals surface area contributed by atoms with Gasteiger partial charge in [-0.2, -0.15) is 0 Å². The molecule has 0 bridgehead atoms. The van der Waals surface area contributed by atoms with Gasteiger partial charge in [0.2, 0.25) is 0 Å². The Bertz CT molecular complexity index is 552. The van der Waals surface area contributed by atoms with Crippen molar-refractivity contribution in [3.63, 3.8) is 0 Å². The summed E-state index contributed by atoms with van der Waals surface area (Å²) >= 11 is 2.35. The topological polar surface area (TPSA) is 38.0 Å². The van der Waals surface area contributed by atoms with Gasteiger partial charge in [-0.05, 0) is 64.8 Å². The molecule has 1 atom stereocenters. The number of aryl methyl sites for hydroxylation is 1. The number of halogens is 1. The first-order valence-electron chi connectivity index (χ1n) is 5.92. The molecule has 18 heavy (non-hydrogen) atoms. The van der Waals surface area contributed by atoms with Gasteiger partial charge in [0.1, 0.15) is 0 Å². The van der Waals surface area contributed by atoms with Crippen LogP contribution in [0.5, 0.6) is 0 Å². The number of hydrogen-bond donors (Lipinski definition) is 2. The summed E-state index contributed by atoms with van der Waals surface area (Å²) in [6.07, 6.45) is 0. The van der Waals surface area contributed by atoms with Crippen molar-refractivity contribution in [2.75, 3.05) is 0 Å². The second-order valence-corrected chi connectivity index (χ2v) is 5.57. The van der Waals surface area contributed by atoms with Crippen molar-refractivity contribution in [1.82, 2.24) is 5.43 Å². The average molecular weight is 352 g/mol. The van der Waals surface area contributed by atoms with E-state index in [0.29, 0.717) is 0 Å². The highest BCUT2D eigenvalue weighted by Gasteiger charge is 2.17. The molecule has 2 aromatic rings. The Hall–Kier alpha value is -0.910. The van der Waals surface area contributed by atoms with Crippen molar-refractivity contribution >= 4 is 22.6 Å². The van der Waals surface area contributed by atoms with Gasteiger partial charge in [-0.25, -0.2) is 5.43 Å². The predicted molar refractivity (Wildman–Crippen MR) is 84.2 cm³/mol. The number of hydrazine groups is 1. The molecule has 2 aromatic carbocycles. The minimum Gasteiger partial charge on any atom is -0.271 e. The maximum absolute atomic E-state index is 5.77. The molecular formula is C15H17IN2. The SMILES string of the molecule is Cc1cccc(C(NN)c2ccccc2I)c1C. The number of hydrogen-bond acceptors (Lipinski definition) is 2. The zero-order valence-corrected chi connectivity index (χ0v) is 12.7. The fraction of sp³-hybridized carbons (Fsp3) is 0.200. The quantitative estimate of drug-likeness (QED) is 0.504. The number of nitrogens with two attached hydrogens (primary N) is 1. The van der Waals surface area contributed by atoms with E-state index >= 15 is 0 Å². The van der Waals surface area contributed by atoms with Crippen LogP contribution in [0.3, 0.4) is 0 Å². The standard InChI is InChI=1S/C15H17IN2/c1-10-6-5-8-12(11(10)2)15(18-17)13-7-3-4-9-14(13)16/h3-9,15,18H,17H2,1-2H3. The van der Waals surface area contributed by atoms with Crippen LogP contribution in [0, 0.1) is 17.4 Å². The summed E-state index contributed by atoms with van der Waals surface area (Å²) in [5, 5.41) is 0. The summed E-state index contributed by atoms with van der Waals surface area (Å²) in [5.74, 6) is 5.77. The number of benzene rings is 2. The van der Waals surface area contributed by atoms with Crippen molar-refractivity contribution < 1.29 is 0 Å². The van der Waals surface area contributed by atoms with Gasteiger partial charge >= 0.3 is 0 Å². The van der Waals surface area contributed by atoms with Gasteiger partial charge in [-0.3, -0.25) is 5.84 Å². The van der Waals surface area contributed by atoms with E-state index in [1.165, 1.54) is 25.8 Å². The zero-order valence-electron chi connectivity index (χ0n) is 10.6. The van der Waals surface area contributed by atoms with Crippen LogP contribution in [0.15, 0.2) is 42.5 Å². The lowest BCUT2D eigenvalue weighted by atomic mass is 9.93. The van der Waals surface area contributed by atoms with E-state index in [0.717, 1.165) is 0 Å². The molecule has 0 spiro atoms. The van der Waals surface area contributed by atoms with Crippen LogP contribution in [0.25, 0.3) is 0 Å². The van der Waals surface area contributed by atoms with Crippen molar-refractivity contribution in [3.8, 4) is 0 Å². The van der Waals surface area contributed by atoms with E-state index in [1.54, 1.807) is 0 Å². The Morgan fingerprint density at radius 1 is 1.00 bits per heavy atom. The first kappa shape index (κ1) is 13.5. The van der Waals surface area contributed by atoms with Crippen molar-refractivity contribution in [2.45, 2.75) is 19.9 Å². The Kier molecular flexibility index (Phi) is 4.37. The lowest BCUT2D eigenvalue weighted by molar-refractivity contribution is 0.630. The first-order chi connectivity index (χ1) is 8.65. The van der Waals surface area contributed by atoms with E-state index in [9.17, 15) is 0 Å². The molecule has 3 heteroatoms. The fourth-order valence-corrected chi connectivity index (χ4v) is 2.84. The Morgan fingerprint density at radius 2 is 1.67 bits per heavy atom. The van der Waals surface area contributed by atoms with Gasteiger partial charge in [-0.15, -0.1) is 0 Å². The molecule has 0 saturated carbocycles. The third-order valence-corrected chi connectivity index (χ3v) is 4.32. The Labute approximate surface area is 122 Å². The van der Waals surface area contributed by atoms with Crippen LogP contribution in [0.1, 0.15) is 28.3 Å². The second-order valence-electron chi connectivity index (χ2n) is 4.41. The minimum atomic E-state index is 0.0398. The van der Waals surface area contributed by atoms with E-state index in [2.05, 4.69) is 72.2 Å². The van der Waals surface area contributed by atoms with Gasteiger partial charge in [0.15, 0.2) is 0 Å². The van der Waals surface area contributed by atoms with Gasteiger partial charge in [0.25, 0.3) is 0 Å². The molecule has 0 amide bonds. The van der Waals surface area contributed by atoms with E-state index in [4.69, 9.17) is 5.84 Å². The molecule has 0 aliphatic heterocycles. The van der Waals surface area contributed by atoms with Crippen molar-refractivity contribution in [2.24, 2.45) is 5.84 Å². The number of rotatable bonds is 3. The highest BCUT2D eigenvalue weighted by atomic mass is 127. The van der Waals surface area contributed by atoms with Gasteiger partial charge < -0.3 is 0 Å². The van der Waals surface area contributed by atoms with E-state index in [1.807, 2.05) is 12.1 Å². The van der Waals surface area contributed by atoms with Crippen molar-refractivity contribution in [1.29, 1.82) is 0 Å². The fourth-order valence-electron chi connectivity index (χ4n) is 2.14.